The summed E-state index contributed by atoms with van der Waals surface area (Å²) >= 11 is 0. The Morgan fingerprint density at radius 2 is 1.75 bits per heavy atom. The summed E-state index contributed by atoms with van der Waals surface area (Å²) in [5.41, 5.74) is 4.65. The molecule has 4 heteroatoms. The van der Waals surface area contributed by atoms with Crippen molar-refractivity contribution in [2.45, 2.75) is 39.9 Å². The van der Waals surface area contributed by atoms with Crippen molar-refractivity contribution in [3.63, 3.8) is 0 Å². The SMILES string of the molecule is CC(C)(Cc1ccccc1)C(=O)NCc1ccc2c(c1)CNC2.Cl. The van der Waals surface area contributed by atoms with Crippen LogP contribution >= 0.6 is 12.4 Å². The third-order valence-corrected chi connectivity index (χ3v) is 4.46. The third kappa shape index (κ3) is 4.37. The molecule has 128 valence electrons. The molecule has 0 unspecified atom stereocenters. The minimum atomic E-state index is -0.417. The molecule has 3 nitrogen and oxygen atoms in total. The van der Waals surface area contributed by atoms with Crippen LogP contribution in [0.2, 0.25) is 0 Å². The van der Waals surface area contributed by atoms with Crippen LogP contribution in [0.25, 0.3) is 0 Å². The Hall–Kier alpha value is -1.84. The first-order valence-electron chi connectivity index (χ1n) is 8.18. The number of halogens is 1. The lowest BCUT2D eigenvalue weighted by atomic mass is 9.85. The van der Waals surface area contributed by atoms with Gasteiger partial charge in [0.2, 0.25) is 5.91 Å². The van der Waals surface area contributed by atoms with Crippen molar-refractivity contribution in [3.8, 4) is 0 Å². The summed E-state index contributed by atoms with van der Waals surface area (Å²) in [5, 5.41) is 6.44. The van der Waals surface area contributed by atoms with E-state index in [0.29, 0.717) is 6.54 Å². The van der Waals surface area contributed by atoms with Crippen LogP contribution in [0.5, 0.6) is 0 Å². The molecule has 0 saturated heterocycles. The van der Waals surface area contributed by atoms with Gasteiger partial charge in [0, 0.05) is 25.0 Å². The first kappa shape index (κ1) is 18.5. The highest BCUT2D eigenvalue weighted by molar-refractivity contribution is 5.85. The third-order valence-electron chi connectivity index (χ3n) is 4.46. The van der Waals surface area contributed by atoms with Gasteiger partial charge in [0.1, 0.15) is 0 Å². The van der Waals surface area contributed by atoms with Crippen LogP contribution in [0.3, 0.4) is 0 Å². The summed E-state index contributed by atoms with van der Waals surface area (Å²) in [6.45, 7) is 6.47. The average Bonchev–Trinajstić information content (AvgIpc) is 3.00. The Labute approximate surface area is 150 Å². The van der Waals surface area contributed by atoms with E-state index in [9.17, 15) is 4.79 Å². The van der Waals surface area contributed by atoms with Gasteiger partial charge in [-0.3, -0.25) is 4.79 Å². The molecule has 0 aromatic heterocycles. The number of carbonyl (C=O) groups excluding carboxylic acids is 1. The Kier molecular flexibility index (Phi) is 6.03. The standard InChI is InChI=1S/C20H24N2O.ClH/c1-20(2,11-15-6-4-3-5-7-15)19(23)22-12-16-8-9-17-13-21-14-18(17)10-16;/h3-10,21H,11-14H2,1-2H3,(H,22,23);1H. The topological polar surface area (TPSA) is 41.1 Å². The van der Waals surface area contributed by atoms with Crippen LogP contribution in [0.15, 0.2) is 48.5 Å². The van der Waals surface area contributed by atoms with Gasteiger partial charge in [0.25, 0.3) is 0 Å². The molecular weight excluding hydrogens is 320 g/mol. The summed E-state index contributed by atoms with van der Waals surface area (Å²) in [5.74, 6) is 0.0972. The maximum absolute atomic E-state index is 12.6. The molecule has 1 amide bonds. The number of benzene rings is 2. The van der Waals surface area contributed by atoms with Crippen molar-refractivity contribution in [2.75, 3.05) is 0 Å². The van der Waals surface area contributed by atoms with E-state index in [-0.39, 0.29) is 18.3 Å². The molecule has 3 rings (SSSR count). The molecule has 0 saturated carbocycles. The number of amides is 1. The Balaban J connectivity index is 0.00000208. The van der Waals surface area contributed by atoms with Crippen molar-refractivity contribution in [1.82, 2.24) is 10.6 Å². The molecule has 0 aliphatic carbocycles. The first-order valence-corrected chi connectivity index (χ1v) is 8.18. The first-order chi connectivity index (χ1) is 11.0. The predicted octanol–water partition coefficient (Wildman–Crippen LogP) is 3.60. The number of nitrogens with one attached hydrogen (secondary N) is 2. The normalized spacial score (nSPS) is 13.1. The number of hydrogen-bond donors (Lipinski definition) is 2. The van der Waals surface area contributed by atoms with Crippen LogP contribution in [0.1, 0.15) is 36.1 Å². The highest BCUT2D eigenvalue weighted by Gasteiger charge is 2.27. The quantitative estimate of drug-likeness (QED) is 0.870. The smallest absolute Gasteiger partial charge is 0.226 e. The van der Waals surface area contributed by atoms with E-state index in [4.69, 9.17) is 0 Å². The maximum Gasteiger partial charge on any atom is 0.226 e. The molecule has 1 aliphatic heterocycles. The fourth-order valence-electron chi connectivity index (χ4n) is 3.07. The molecule has 0 spiro atoms. The summed E-state index contributed by atoms with van der Waals surface area (Å²) < 4.78 is 0. The zero-order chi connectivity index (χ0) is 16.3. The zero-order valence-corrected chi connectivity index (χ0v) is 15.1. The monoisotopic (exact) mass is 344 g/mol. The molecule has 2 aromatic carbocycles. The number of fused-ring (bicyclic) bond motifs is 1. The molecule has 2 N–H and O–H groups in total. The molecule has 1 heterocycles. The van der Waals surface area contributed by atoms with Gasteiger partial charge in [-0.05, 0) is 28.7 Å². The summed E-state index contributed by atoms with van der Waals surface area (Å²) in [4.78, 5) is 12.6. The fraction of sp³-hybridized carbons (Fsp3) is 0.350. The summed E-state index contributed by atoms with van der Waals surface area (Å²) in [6.07, 6.45) is 0.744. The van der Waals surface area contributed by atoms with Crippen LogP contribution in [0, 0.1) is 5.41 Å². The van der Waals surface area contributed by atoms with E-state index < -0.39 is 5.41 Å². The van der Waals surface area contributed by atoms with E-state index in [2.05, 4.69) is 41.0 Å². The van der Waals surface area contributed by atoms with Gasteiger partial charge >= 0.3 is 0 Å². The average molecular weight is 345 g/mol. The van der Waals surface area contributed by atoms with Gasteiger partial charge in [-0.2, -0.15) is 0 Å². The number of hydrogen-bond acceptors (Lipinski definition) is 2. The van der Waals surface area contributed by atoms with Crippen LogP contribution in [-0.4, -0.2) is 5.91 Å². The fourth-order valence-corrected chi connectivity index (χ4v) is 3.07. The van der Waals surface area contributed by atoms with Gasteiger partial charge in [0.15, 0.2) is 0 Å². The predicted molar refractivity (Wildman–Crippen MR) is 100 cm³/mol. The van der Waals surface area contributed by atoms with Crippen molar-refractivity contribution in [2.24, 2.45) is 5.41 Å². The number of carbonyl (C=O) groups is 1. The minimum Gasteiger partial charge on any atom is -0.352 e. The van der Waals surface area contributed by atoms with Crippen molar-refractivity contribution < 1.29 is 4.79 Å². The summed E-state index contributed by atoms with van der Waals surface area (Å²) in [6, 6.07) is 16.6. The molecular formula is C20H25ClN2O. The van der Waals surface area contributed by atoms with E-state index in [1.807, 2.05) is 32.0 Å². The lowest BCUT2D eigenvalue weighted by Gasteiger charge is -2.24. The van der Waals surface area contributed by atoms with Crippen LogP contribution in [0.4, 0.5) is 0 Å². The van der Waals surface area contributed by atoms with E-state index in [1.165, 1.54) is 16.7 Å². The molecule has 0 fully saturated rings. The van der Waals surface area contributed by atoms with E-state index in [1.54, 1.807) is 0 Å². The molecule has 1 aliphatic rings. The largest absolute Gasteiger partial charge is 0.352 e. The van der Waals surface area contributed by atoms with Gasteiger partial charge in [-0.25, -0.2) is 0 Å². The molecule has 2 aromatic rings. The molecule has 0 radical (unpaired) electrons. The Bertz CT molecular complexity index is 698. The summed E-state index contributed by atoms with van der Waals surface area (Å²) in [7, 11) is 0. The van der Waals surface area contributed by atoms with Gasteiger partial charge in [-0.15, -0.1) is 12.4 Å². The highest BCUT2D eigenvalue weighted by atomic mass is 35.5. The van der Waals surface area contributed by atoms with Gasteiger partial charge < -0.3 is 10.6 Å². The zero-order valence-electron chi connectivity index (χ0n) is 14.3. The molecule has 0 atom stereocenters. The molecule has 24 heavy (non-hydrogen) atoms. The molecule has 0 bridgehead atoms. The minimum absolute atomic E-state index is 0. The highest BCUT2D eigenvalue weighted by Crippen LogP contribution is 2.22. The number of rotatable bonds is 5. The van der Waals surface area contributed by atoms with Crippen molar-refractivity contribution in [1.29, 1.82) is 0 Å². The second-order valence-corrected chi connectivity index (χ2v) is 6.94. The lowest BCUT2D eigenvalue weighted by molar-refractivity contribution is -0.129. The van der Waals surface area contributed by atoms with Crippen molar-refractivity contribution in [3.05, 3.63) is 70.8 Å². The second-order valence-electron chi connectivity index (χ2n) is 6.94. The van der Waals surface area contributed by atoms with Crippen molar-refractivity contribution >= 4 is 18.3 Å². The maximum atomic E-state index is 12.6. The van der Waals surface area contributed by atoms with E-state index in [0.717, 1.165) is 25.1 Å². The van der Waals surface area contributed by atoms with Gasteiger partial charge in [-0.1, -0.05) is 62.4 Å². The van der Waals surface area contributed by atoms with Crippen LogP contribution < -0.4 is 10.6 Å². The Morgan fingerprint density at radius 3 is 2.50 bits per heavy atom. The van der Waals surface area contributed by atoms with E-state index >= 15 is 0 Å². The Morgan fingerprint density at radius 1 is 1.04 bits per heavy atom. The second kappa shape index (κ2) is 7.82. The lowest BCUT2D eigenvalue weighted by Crippen LogP contribution is -2.38. The van der Waals surface area contributed by atoms with Gasteiger partial charge in [0.05, 0.1) is 0 Å². The van der Waals surface area contributed by atoms with Crippen LogP contribution in [-0.2, 0) is 30.8 Å².